The topological polar surface area (TPSA) is 34.0 Å². The van der Waals surface area contributed by atoms with Crippen molar-refractivity contribution in [2.75, 3.05) is 11.4 Å². The number of halogens is 1. The largest absolute Gasteiger partial charge is 0.363 e. The van der Waals surface area contributed by atoms with Gasteiger partial charge in [0.25, 0.3) is 0 Å². The fraction of sp³-hybridized carbons (Fsp3) is 0.294. The van der Waals surface area contributed by atoms with Crippen molar-refractivity contribution in [3.63, 3.8) is 0 Å². The molecule has 0 amide bonds. The number of benzene rings is 1. The summed E-state index contributed by atoms with van der Waals surface area (Å²) in [6.45, 7) is 6.83. The molecule has 0 bridgehead atoms. The molecule has 0 unspecified atom stereocenters. The maximum Gasteiger partial charge on any atom is 0.0836 e. The second-order valence-corrected chi connectivity index (χ2v) is 6.22. The SMILES string of the molecule is Cc1ccc2c(N3CCn4ncc(Cl)c4C3)ccnc2c1C. The smallest absolute Gasteiger partial charge is 0.0836 e. The third-order valence-electron chi connectivity index (χ3n) is 4.57. The summed E-state index contributed by atoms with van der Waals surface area (Å²) in [5.74, 6) is 0. The van der Waals surface area contributed by atoms with Gasteiger partial charge in [-0.3, -0.25) is 9.67 Å². The Hall–Kier alpha value is -2.07. The normalized spacial score (nSPS) is 14.4. The van der Waals surface area contributed by atoms with Gasteiger partial charge in [0, 0.05) is 23.8 Å². The third kappa shape index (κ3) is 1.98. The van der Waals surface area contributed by atoms with E-state index < -0.39 is 0 Å². The lowest BCUT2D eigenvalue weighted by atomic mass is 10.0. The molecular weight excluding hydrogens is 296 g/mol. The molecule has 5 heteroatoms. The van der Waals surface area contributed by atoms with Gasteiger partial charge in [-0.15, -0.1) is 0 Å². The van der Waals surface area contributed by atoms with Gasteiger partial charge >= 0.3 is 0 Å². The Balaban J connectivity index is 1.82. The lowest BCUT2D eigenvalue weighted by Crippen LogP contribution is -2.34. The summed E-state index contributed by atoms with van der Waals surface area (Å²) in [7, 11) is 0. The van der Waals surface area contributed by atoms with Crippen molar-refractivity contribution < 1.29 is 0 Å². The van der Waals surface area contributed by atoms with Crippen LogP contribution in [0.25, 0.3) is 10.9 Å². The fourth-order valence-electron chi connectivity index (χ4n) is 3.14. The van der Waals surface area contributed by atoms with Crippen molar-refractivity contribution in [2.45, 2.75) is 26.9 Å². The molecule has 1 aliphatic heterocycles. The number of anilines is 1. The monoisotopic (exact) mass is 312 g/mol. The molecule has 0 saturated carbocycles. The number of nitrogens with zero attached hydrogens (tertiary/aromatic N) is 4. The molecular formula is C17H17ClN4. The van der Waals surface area contributed by atoms with Crippen LogP contribution in [0.4, 0.5) is 5.69 Å². The van der Waals surface area contributed by atoms with Gasteiger partial charge in [0.2, 0.25) is 0 Å². The van der Waals surface area contributed by atoms with Gasteiger partial charge in [0.1, 0.15) is 0 Å². The minimum absolute atomic E-state index is 0.745. The van der Waals surface area contributed by atoms with E-state index >= 15 is 0 Å². The first-order valence-electron chi connectivity index (χ1n) is 7.45. The van der Waals surface area contributed by atoms with Gasteiger partial charge in [-0.2, -0.15) is 5.10 Å². The molecule has 0 fully saturated rings. The molecule has 0 radical (unpaired) electrons. The number of aryl methyl sites for hydroxylation is 2. The van der Waals surface area contributed by atoms with E-state index in [0.29, 0.717) is 0 Å². The van der Waals surface area contributed by atoms with Crippen LogP contribution in [-0.4, -0.2) is 21.3 Å². The van der Waals surface area contributed by atoms with Crippen LogP contribution in [0, 0.1) is 13.8 Å². The van der Waals surface area contributed by atoms with Crippen LogP contribution in [0.15, 0.2) is 30.6 Å². The van der Waals surface area contributed by atoms with Crippen molar-refractivity contribution in [1.29, 1.82) is 0 Å². The van der Waals surface area contributed by atoms with Crippen LogP contribution in [0.2, 0.25) is 5.02 Å². The van der Waals surface area contributed by atoms with Crippen molar-refractivity contribution >= 4 is 28.2 Å². The molecule has 4 nitrogen and oxygen atoms in total. The van der Waals surface area contributed by atoms with Gasteiger partial charge in [0.05, 0.1) is 35.5 Å². The van der Waals surface area contributed by atoms with Crippen molar-refractivity contribution in [2.24, 2.45) is 0 Å². The zero-order valence-corrected chi connectivity index (χ0v) is 13.4. The van der Waals surface area contributed by atoms with E-state index in [1.54, 1.807) is 6.20 Å². The highest BCUT2D eigenvalue weighted by molar-refractivity contribution is 6.31. The first kappa shape index (κ1) is 13.6. The predicted octanol–water partition coefficient (Wildman–Crippen LogP) is 3.72. The van der Waals surface area contributed by atoms with Crippen LogP contribution in [0.5, 0.6) is 0 Å². The Morgan fingerprint density at radius 1 is 1.14 bits per heavy atom. The molecule has 2 aromatic heterocycles. The molecule has 1 aliphatic rings. The molecule has 3 aromatic rings. The minimum Gasteiger partial charge on any atom is -0.363 e. The highest BCUT2D eigenvalue weighted by Gasteiger charge is 2.21. The molecule has 0 aliphatic carbocycles. The lowest BCUT2D eigenvalue weighted by Gasteiger charge is -2.30. The zero-order valence-electron chi connectivity index (χ0n) is 12.7. The molecule has 112 valence electrons. The maximum atomic E-state index is 6.25. The quantitative estimate of drug-likeness (QED) is 0.686. The van der Waals surface area contributed by atoms with E-state index in [1.165, 1.54) is 22.2 Å². The van der Waals surface area contributed by atoms with E-state index in [4.69, 9.17) is 11.6 Å². The van der Waals surface area contributed by atoms with Crippen molar-refractivity contribution in [3.8, 4) is 0 Å². The number of pyridine rings is 1. The summed E-state index contributed by atoms with van der Waals surface area (Å²) < 4.78 is 2.00. The summed E-state index contributed by atoms with van der Waals surface area (Å²) in [6, 6.07) is 6.44. The molecule has 3 heterocycles. The number of hydrogen-bond donors (Lipinski definition) is 0. The Kier molecular flexibility index (Phi) is 3.08. The van der Waals surface area contributed by atoms with Gasteiger partial charge in [-0.1, -0.05) is 23.7 Å². The van der Waals surface area contributed by atoms with Crippen LogP contribution >= 0.6 is 11.6 Å². The molecule has 1 aromatic carbocycles. The summed E-state index contributed by atoms with van der Waals surface area (Å²) in [5.41, 5.74) is 5.91. The number of hydrogen-bond acceptors (Lipinski definition) is 3. The van der Waals surface area contributed by atoms with Crippen molar-refractivity contribution in [3.05, 3.63) is 52.4 Å². The summed E-state index contributed by atoms with van der Waals surface area (Å²) >= 11 is 6.25. The second-order valence-electron chi connectivity index (χ2n) is 5.82. The first-order chi connectivity index (χ1) is 10.6. The van der Waals surface area contributed by atoms with E-state index in [2.05, 4.69) is 47.0 Å². The predicted molar refractivity (Wildman–Crippen MR) is 89.5 cm³/mol. The van der Waals surface area contributed by atoms with Crippen LogP contribution in [0.3, 0.4) is 0 Å². The minimum atomic E-state index is 0.745. The average molecular weight is 313 g/mol. The number of aromatic nitrogens is 3. The van der Waals surface area contributed by atoms with Crippen LogP contribution < -0.4 is 4.90 Å². The first-order valence-corrected chi connectivity index (χ1v) is 7.83. The molecule has 0 atom stereocenters. The highest BCUT2D eigenvalue weighted by atomic mass is 35.5. The van der Waals surface area contributed by atoms with E-state index in [-0.39, 0.29) is 0 Å². The van der Waals surface area contributed by atoms with Crippen molar-refractivity contribution in [1.82, 2.24) is 14.8 Å². The highest BCUT2D eigenvalue weighted by Crippen LogP contribution is 2.32. The van der Waals surface area contributed by atoms with E-state index in [9.17, 15) is 0 Å². The lowest BCUT2D eigenvalue weighted by molar-refractivity contribution is 0.521. The fourth-order valence-corrected chi connectivity index (χ4v) is 3.34. The molecule has 0 N–H and O–H groups in total. The van der Waals surface area contributed by atoms with Gasteiger partial charge in [-0.05, 0) is 31.0 Å². The van der Waals surface area contributed by atoms with Crippen LogP contribution in [-0.2, 0) is 13.1 Å². The standard InChI is InChI=1S/C17H17ClN4/c1-11-3-4-13-15(5-6-19-17(13)12(11)2)21-7-8-22-16(10-21)14(18)9-20-22/h3-6,9H,7-8,10H2,1-2H3. The molecule has 0 spiro atoms. The van der Waals surface area contributed by atoms with Gasteiger partial charge in [-0.25, -0.2) is 0 Å². The Morgan fingerprint density at radius 3 is 2.86 bits per heavy atom. The Labute approximate surface area is 134 Å². The maximum absolute atomic E-state index is 6.25. The van der Waals surface area contributed by atoms with Gasteiger partial charge < -0.3 is 4.90 Å². The van der Waals surface area contributed by atoms with E-state index in [0.717, 1.165) is 35.9 Å². The number of rotatable bonds is 1. The summed E-state index contributed by atoms with van der Waals surface area (Å²) in [6.07, 6.45) is 3.64. The van der Waals surface area contributed by atoms with Gasteiger partial charge in [0.15, 0.2) is 0 Å². The average Bonchev–Trinajstić information content (AvgIpc) is 2.91. The third-order valence-corrected chi connectivity index (χ3v) is 4.89. The summed E-state index contributed by atoms with van der Waals surface area (Å²) in [5, 5.41) is 6.27. The second kappa shape index (κ2) is 4.99. The van der Waals surface area contributed by atoms with Crippen LogP contribution in [0.1, 0.15) is 16.8 Å². The molecule has 22 heavy (non-hydrogen) atoms. The van der Waals surface area contributed by atoms with E-state index in [1.807, 2.05) is 10.9 Å². The Morgan fingerprint density at radius 2 is 2.00 bits per heavy atom. The molecule has 0 saturated heterocycles. The molecule has 4 rings (SSSR count). The number of fused-ring (bicyclic) bond motifs is 2. The summed E-state index contributed by atoms with van der Waals surface area (Å²) in [4.78, 5) is 6.94. The Bertz CT molecular complexity index is 868. The zero-order chi connectivity index (χ0) is 15.3.